The predicted octanol–water partition coefficient (Wildman–Crippen LogP) is 1.44. The van der Waals surface area contributed by atoms with Crippen molar-refractivity contribution < 1.29 is 8.42 Å². The molecule has 1 aromatic rings. The molecular formula is C11H15NO2S. The predicted molar refractivity (Wildman–Crippen MR) is 60.2 cm³/mol. The molecule has 0 radical (unpaired) electrons. The van der Waals surface area contributed by atoms with Gasteiger partial charge in [0.25, 0.3) is 0 Å². The van der Waals surface area contributed by atoms with Crippen LogP contribution in [0, 0.1) is 0 Å². The minimum Gasteiger partial charge on any atom is -0.283 e. The van der Waals surface area contributed by atoms with Crippen LogP contribution in [0.5, 0.6) is 0 Å². The Balaban J connectivity index is 2.35. The zero-order valence-corrected chi connectivity index (χ0v) is 9.57. The molecule has 1 aliphatic heterocycles. The second kappa shape index (κ2) is 3.94. The first-order valence-corrected chi connectivity index (χ1v) is 7.02. The summed E-state index contributed by atoms with van der Waals surface area (Å²) >= 11 is 0. The lowest BCUT2D eigenvalue weighted by atomic mass is 10.1. The van der Waals surface area contributed by atoms with Gasteiger partial charge >= 0.3 is 0 Å². The lowest BCUT2D eigenvalue weighted by Gasteiger charge is -2.37. The van der Waals surface area contributed by atoms with Gasteiger partial charge in [-0.3, -0.25) is 4.90 Å². The van der Waals surface area contributed by atoms with Crippen LogP contribution in [0.15, 0.2) is 30.3 Å². The minimum absolute atomic E-state index is 0.451. The topological polar surface area (TPSA) is 37.4 Å². The highest BCUT2D eigenvalue weighted by atomic mass is 32.2. The fourth-order valence-electron chi connectivity index (χ4n) is 1.92. The Hall–Kier alpha value is -0.870. The molecule has 0 N–H and O–H groups in total. The molecular weight excluding hydrogens is 210 g/mol. The van der Waals surface area contributed by atoms with E-state index in [0.717, 1.165) is 25.1 Å². The van der Waals surface area contributed by atoms with Crippen LogP contribution in [0.2, 0.25) is 0 Å². The summed E-state index contributed by atoms with van der Waals surface area (Å²) in [6.45, 7) is 1.76. The Morgan fingerprint density at radius 2 is 1.80 bits per heavy atom. The number of hydrogen-bond donors (Lipinski definition) is 0. The highest BCUT2D eigenvalue weighted by Gasteiger charge is 2.32. The summed E-state index contributed by atoms with van der Waals surface area (Å²) in [5, 5.41) is -0.451. The molecule has 1 atom stereocenters. The number of nitrogens with zero attached hydrogens (tertiary/aromatic N) is 1. The molecule has 0 amide bonds. The monoisotopic (exact) mass is 225 g/mol. The number of likely N-dealkylation sites (tertiary alicyclic amines) is 1. The zero-order chi connectivity index (χ0) is 10.9. The molecule has 1 fully saturated rings. The van der Waals surface area contributed by atoms with E-state index in [1.54, 1.807) is 0 Å². The Morgan fingerprint density at radius 1 is 1.20 bits per heavy atom. The zero-order valence-electron chi connectivity index (χ0n) is 8.76. The third-order valence-corrected chi connectivity index (χ3v) is 4.09. The van der Waals surface area contributed by atoms with Gasteiger partial charge < -0.3 is 0 Å². The molecule has 1 aliphatic rings. The summed E-state index contributed by atoms with van der Waals surface area (Å²) in [4.78, 5) is 2.00. The molecule has 1 heterocycles. The fraction of sp³-hybridized carbons (Fsp3) is 0.455. The molecule has 0 aliphatic carbocycles. The van der Waals surface area contributed by atoms with Crippen LogP contribution in [0.25, 0.3) is 0 Å². The van der Waals surface area contributed by atoms with Gasteiger partial charge in [0, 0.05) is 19.3 Å². The maximum absolute atomic E-state index is 11.7. The van der Waals surface area contributed by atoms with Crippen molar-refractivity contribution in [2.24, 2.45) is 0 Å². The first kappa shape index (κ1) is 10.6. The van der Waals surface area contributed by atoms with Crippen molar-refractivity contribution >= 4 is 9.84 Å². The van der Waals surface area contributed by atoms with Crippen molar-refractivity contribution in [3.8, 4) is 0 Å². The van der Waals surface area contributed by atoms with E-state index >= 15 is 0 Å². The average molecular weight is 225 g/mol. The van der Waals surface area contributed by atoms with Crippen LogP contribution in [-0.4, -0.2) is 32.7 Å². The van der Waals surface area contributed by atoms with Gasteiger partial charge in [-0.2, -0.15) is 0 Å². The fourth-order valence-corrected chi connectivity index (χ4v) is 3.33. The highest BCUT2D eigenvalue weighted by molar-refractivity contribution is 7.90. The Kier molecular flexibility index (Phi) is 2.80. The third-order valence-electron chi connectivity index (χ3n) is 2.71. The van der Waals surface area contributed by atoms with Gasteiger partial charge in [-0.05, 0) is 12.0 Å². The van der Waals surface area contributed by atoms with E-state index in [2.05, 4.69) is 0 Å². The summed E-state index contributed by atoms with van der Waals surface area (Å²) in [6, 6.07) is 9.42. The quantitative estimate of drug-likeness (QED) is 0.781. The molecule has 82 valence electrons. The normalized spacial score (nSPS) is 19.5. The molecule has 1 unspecified atom stereocenters. The molecule has 0 spiro atoms. The van der Waals surface area contributed by atoms with E-state index in [0.29, 0.717) is 0 Å². The smallest absolute Gasteiger partial charge is 0.167 e. The van der Waals surface area contributed by atoms with Gasteiger partial charge in [-0.15, -0.1) is 0 Å². The van der Waals surface area contributed by atoms with Crippen molar-refractivity contribution in [3.05, 3.63) is 35.9 Å². The molecule has 4 heteroatoms. The molecule has 2 rings (SSSR count). The summed E-state index contributed by atoms with van der Waals surface area (Å²) < 4.78 is 23.4. The third kappa shape index (κ3) is 2.21. The number of benzene rings is 1. The Labute approximate surface area is 90.6 Å². The molecule has 15 heavy (non-hydrogen) atoms. The number of hydrogen-bond acceptors (Lipinski definition) is 3. The molecule has 0 saturated carbocycles. The summed E-state index contributed by atoms with van der Waals surface area (Å²) in [6.07, 6.45) is 2.40. The van der Waals surface area contributed by atoms with E-state index in [9.17, 15) is 8.42 Å². The van der Waals surface area contributed by atoms with Gasteiger partial charge in [-0.1, -0.05) is 30.3 Å². The van der Waals surface area contributed by atoms with E-state index in [1.165, 1.54) is 6.26 Å². The minimum atomic E-state index is -3.05. The summed E-state index contributed by atoms with van der Waals surface area (Å²) in [7, 11) is -3.05. The second-order valence-electron chi connectivity index (χ2n) is 3.98. The standard InChI is InChI=1S/C11H15NO2S/c1-15(13,14)11(12-8-5-9-12)10-6-3-2-4-7-10/h2-4,6-7,11H,5,8-9H2,1H3. The summed E-state index contributed by atoms with van der Waals surface area (Å²) in [5.41, 5.74) is 0.875. The highest BCUT2D eigenvalue weighted by Crippen LogP contribution is 2.29. The van der Waals surface area contributed by atoms with E-state index < -0.39 is 15.2 Å². The van der Waals surface area contributed by atoms with Crippen molar-refractivity contribution in [2.45, 2.75) is 11.8 Å². The van der Waals surface area contributed by atoms with Crippen LogP contribution in [0.4, 0.5) is 0 Å². The van der Waals surface area contributed by atoms with Crippen molar-refractivity contribution in [1.82, 2.24) is 4.90 Å². The lowest BCUT2D eigenvalue weighted by Crippen LogP contribution is -2.43. The van der Waals surface area contributed by atoms with Crippen molar-refractivity contribution in [3.63, 3.8) is 0 Å². The summed E-state index contributed by atoms with van der Waals surface area (Å²) in [5.74, 6) is 0. The number of sulfone groups is 1. The Bertz CT molecular complexity index is 423. The first-order chi connectivity index (χ1) is 7.09. The molecule has 1 saturated heterocycles. The molecule has 1 aromatic carbocycles. The van der Waals surface area contributed by atoms with Crippen LogP contribution in [0.1, 0.15) is 17.4 Å². The SMILES string of the molecule is CS(=O)(=O)C(c1ccccc1)N1CCC1. The van der Waals surface area contributed by atoms with Crippen molar-refractivity contribution in [1.29, 1.82) is 0 Å². The molecule has 0 aromatic heterocycles. The van der Waals surface area contributed by atoms with E-state index in [4.69, 9.17) is 0 Å². The van der Waals surface area contributed by atoms with Gasteiger partial charge in [0.15, 0.2) is 9.84 Å². The maximum Gasteiger partial charge on any atom is 0.167 e. The average Bonchev–Trinajstić information content (AvgIpc) is 2.10. The van der Waals surface area contributed by atoms with Crippen molar-refractivity contribution in [2.75, 3.05) is 19.3 Å². The largest absolute Gasteiger partial charge is 0.283 e. The van der Waals surface area contributed by atoms with Gasteiger partial charge in [-0.25, -0.2) is 8.42 Å². The maximum atomic E-state index is 11.7. The van der Waals surface area contributed by atoms with E-state index in [-0.39, 0.29) is 0 Å². The lowest BCUT2D eigenvalue weighted by molar-refractivity contribution is 0.161. The van der Waals surface area contributed by atoms with Crippen LogP contribution < -0.4 is 0 Å². The molecule has 3 nitrogen and oxygen atoms in total. The van der Waals surface area contributed by atoms with Crippen LogP contribution in [0.3, 0.4) is 0 Å². The van der Waals surface area contributed by atoms with E-state index in [1.807, 2.05) is 35.2 Å². The van der Waals surface area contributed by atoms with Gasteiger partial charge in [0.2, 0.25) is 0 Å². The first-order valence-electron chi connectivity index (χ1n) is 5.07. The van der Waals surface area contributed by atoms with Gasteiger partial charge in [0.05, 0.1) is 0 Å². The molecule has 0 bridgehead atoms. The van der Waals surface area contributed by atoms with Crippen LogP contribution in [-0.2, 0) is 9.84 Å². The van der Waals surface area contributed by atoms with Crippen LogP contribution >= 0.6 is 0 Å². The second-order valence-corrected chi connectivity index (χ2v) is 6.09. The van der Waals surface area contributed by atoms with Gasteiger partial charge in [0.1, 0.15) is 5.37 Å². The Morgan fingerprint density at radius 3 is 2.20 bits per heavy atom. The number of rotatable bonds is 3.